The Labute approximate surface area is 97.8 Å². The molecule has 0 nitrogen and oxygen atoms in total. The van der Waals surface area contributed by atoms with Gasteiger partial charge in [-0.05, 0) is 35.5 Å². The molecule has 0 aliphatic heterocycles. The smallest absolute Gasteiger partial charge is 0.0326 e. The Morgan fingerprint density at radius 3 is 1.67 bits per heavy atom. The van der Waals surface area contributed by atoms with E-state index in [4.69, 9.17) is 0 Å². The molecule has 15 heavy (non-hydrogen) atoms. The molecule has 0 radical (unpaired) electrons. The van der Waals surface area contributed by atoms with Crippen molar-refractivity contribution in [1.82, 2.24) is 0 Å². The van der Waals surface area contributed by atoms with Gasteiger partial charge in [0.2, 0.25) is 0 Å². The molecule has 92 valence electrons. The van der Waals surface area contributed by atoms with Crippen LogP contribution < -0.4 is 0 Å². The average Bonchev–Trinajstić information content (AvgIpc) is 2.12. The van der Waals surface area contributed by atoms with Crippen molar-refractivity contribution < 1.29 is 0 Å². The third-order valence-electron chi connectivity index (χ3n) is 4.44. The summed E-state index contributed by atoms with van der Waals surface area (Å²) in [5.41, 5.74) is 0.494. The molecule has 0 N–H and O–H groups in total. The Kier molecular flexibility index (Phi) is 5.92. The SMILES string of the molecule is CC(C)CCC(C)(C)C(C)C(C)C(C)C. The second-order valence-electron chi connectivity index (χ2n) is 6.81. The monoisotopic (exact) mass is 212 g/mol. The maximum Gasteiger partial charge on any atom is -0.0326 e. The zero-order chi connectivity index (χ0) is 12.2. The molecule has 0 aliphatic rings. The molecule has 0 saturated heterocycles. The maximum absolute atomic E-state index is 2.44. The minimum Gasteiger partial charge on any atom is -0.0628 e. The summed E-state index contributed by atoms with van der Waals surface area (Å²) in [6.45, 7) is 19.1. The van der Waals surface area contributed by atoms with Gasteiger partial charge in [-0.1, -0.05) is 61.8 Å². The van der Waals surface area contributed by atoms with Gasteiger partial charge < -0.3 is 0 Å². The van der Waals surface area contributed by atoms with Crippen molar-refractivity contribution in [3.8, 4) is 0 Å². The van der Waals surface area contributed by atoms with Crippen LogP contribution >= 0.6 is 0 Å². The van der Waals surface area contributed by atoms with Crippen LogP contribution in [0.4, 0.5) is 0 Å². The van der Waals surface area contributed by atoms with Crippen molar-refractivity contribution in [1.29, 1.82) is 0 Å². The number of hydrogen-bond acceptors (Lipinski definition) is 0. The van der Waals surface area contributed by atoms with Crippen molar-refractivity contribution in [3.05, 3.63) is 0 Å². The molecule has 0 aromatic heterocycles. The van der Waals surface area contributed by atoms with Crippen molar-refractivity contribution in [2.24, 2.45) is 29.1 Å². The molecule has 0 heterocycles. The first kappa shape index (κ1) is 15.0. The molecule has 0 aliphatic carbocycles. The molecular formula is C15H32. The largest absolute Gasteiger partial charge is 0.0628 e. The van der Waals surface area contributed by atoms with Gasteiger partial charge >= 0.3 is 0 Å². The molecule has 0 fully saturated rings. The second kappa shape index (κ2) is 5.92. The van der Waals surface area contributed by atoms with Crippen molar-refractivity contribution in [2.45, 2.75) is 68.2 Å². The van der Waals surface area contributed by atoms with E-state index in [9.17, 15) is 0 Å². The molecular weight excluding hydrogens is 180 g/mol. The molecule has 0 aromatic carbocycles. The summed E-state index contributed by atoms with van der Waals surface area (Å²) < 4.78 is 0. The lowest BCUT2D eigenvalue weighted by Gasteiger charge is -2.38. The van der Waals surface area contributed by atoms with Crippen LogP contribution in [0.5, 0.6) is 0 Å². The van der Waals surface area contributed by atoms with Crippen LogP contribution in [0.1, 0.15) is 68.2 Å². The van der Waals surface area contributed by atoms with Gasteiger partial charge in [-0.15, -0.1) is 0 Å². The topological polar surface area (TPSA) is 0 Å². The summed E-state index contributed by atoms with van der Waals surface area (Å²) in [4.78, 5) is 0. The van der Waals surface area contributed by atoms with E-state index in [0.717, 1.165) is 23.7 Å². The van der Waals surface area contributed by atoms with E-state index in [0.29, 0.717) is 5.41 Å². The zero-order valence-electron chi connectivity index (χ0n) is 12.2. The Hall–Kier alpha value is 0. The quantitative estimate of drug-likeness (QED) is 0.554. The van der Waals surface area contributed by atoms with Crippen LogP contribution in [0.25, 0.3) is 0 Å². The van der Waals surface area contributed by atoms with Gasteiger partial charge in [0, 0.05) is 0 Å². The van der Waals surface area contributed by atoms with Crippen LogP contribution in [-0.4, -0.2) is 0 Å². The van der Waals surface area contributed by atoms with E-state index >= 15 is 0 Å². The maximum atomic E-state index is 2.44. The van der Waals surface area contributed by atoms with Crippen molar-refractivity contribution in [2.75, 3.05) is 0 Å². The van der Waals surface area contributed by atoms with E-state index in [1.807, 2.05) is 0 Å². The summed E-state index contributed by atoms with van der Waals surface area (Å²) in [6, 6.07) is 0. The third kappa shape index (κ3) is 5.04. The van der Waals surface area contributed by atoms with Gasteiger partial charge in [-0.25, -0.2) is 0 Å². The summed E-state index contributed by atoms with van der Waals surface area (Å²) in [6.07, 6.45) is 2.73. The molecule has 0 aromatic rings. The molecule has 0 spiro atoms. The van der Waals surface area contributed by atoms with Crippen LogP contribution in [-0.2, 0) is 0 Å². The van der Waals surface area contributed by atoms with Crippen molar-refractivity contribution in [3.63, 3.8) is 0 Å². The fourth-order valence-corrected chi connectivity index (χ4v) is 2.18. The highest BCUT2D eigenvalue weighted by atomic mass is 14.4. The van der Waals surface area contributed by atoms with E-state index < -0.39 is 0 Å². The first-order valence-corrected chi connectivity index (χ1v) is 6.68. The lowest BCUT2D eigenvalue weighted by atomic mass is 9.67. The minimum absolute atomic E-state index is 0.494. The zero-order valence-corrected chi connectivity index (χ0v) is 12.2. The van der Waals surface area contributed by atoms with Gasteiger partial charge in [0.05, 0.1) is 0 Å². The van der Waals surface area contributed by atoms with E-state index in [1.165, 1.54) is 12.8 Å². The van der Waals surface area contributed by atoms with Gasteiger partial charge in [-0.3, -0.25) is 0 Å². The normalized spacial score (nSPS) is 17.2. The van der Waals surface area contributed by atoms with E-state index in [1.54, 1.807) is 0 Å². The number of rotatable bonds is 6. The Bertz CT molecular complexity index is 165. The van der Waals surface area contributed by atoms with Crippen LogP contribution in [0.3, 0.4) is 0 Å². The van der Waals surface area contributed by atoms with Gasteiger partial charge in [0.15, 0.2) is 0 Å². The molecule has 0 bridgehead atoms. The van der Waals surface area contributed by atoms with Crippen LogP contribution in [0.15, 0.2) is 0 Å². The molecule has 0 saturated carbocycles. The summed E-state index contributed by atoms with van der Waals surface area (Å²) in [7, 11) is 0. The van der Waals surface area contributed by atoms with Crippen LogP contribution in [0, 0.1) is 29.1 Å². The summed E-state index contributed by atoms with van der Waals surface area (Å²) in [5, 5.41) is 0. The summed E-state index contributed by atoms with van der Waals surface area (Å²) >= 11 is 0. The molecule has 0 amide bonds. The predicted molar refractivity (Wildman–Crippen MR) is 71.0 cm³/mol. The number of hydrogen-bond donors (Lipinski definition) is 0. The van der Waals surface area contributed by atoms with Crippen molar-refractivity contribution >= 4 is 0 Å². The minimum atomic E-state index is 0.494. The molecule has 0 rings (SSSR count). The second-order valence-corrected chi connectivity index (χ2v) is 6.81. The highest BCUT2D eigenvalue weighted by Gasteiger charge is 2.30. The lowest BCUT2D eigenvalue weighted by molar-refractivity contribution is 0.117. The standard InChI is InChI=1S/C15H32/c1-11(2)9-10-15(7,8)14(6)13(5)12(3)4/h11-14H,9-10H2,1-8H3. The highest BCUT2D eigenvalue weighted by Crippen LogP contribution is 2.39. The Morgan fingerprint density at radius 2 is 1.33 bits per heavy atom. The fraction of sp³-hybridized carbons (Fsp3) is 1.00. The van der Waals surface area contributed by atoms with Gasteiger partial charge in [-0.2, -0.15) is 0 Å². The highest BCUT2D eigenvalue weighted by molar-refractivity contribution is 4.80. The van der Waals surface area contributed by atoms with Crippen LogP contribution in [0.2, 0.25) is 0 Å². The first-order chi connectivity index (χ1) is 6.68. The Morgan fingerprint density at radius 1 is 0.867 bits per heavy atom. The lowest BCUT2D eigenvalue weighted by Crippen LogP contribution is -2.30. The Balaban J connectivity index is 4.30. The molecule has 0 heteroatoms. The van der Waals surface area contributed by atoms with E-state index in [2.05, 4.69) is 55.4 Å². The van der Waals surface area contributed by atoms with Gasteiger partial charge in [0.1, 0.15) is 0 Å². The average molecular weight is 212 g/mol. The summed E-state index contributed by atoms with van der Waals surface area (Å²) in [5.74, 6) is 3.28. The third-order valence-corrected chi connectivity index (χ3v) is 4.44. The predicted octanol–water partition coefficient (Wildman–Crippen LogP) is 5.38. The molecule has 2 unspecified atom stereocenters. The molecule has 2 atom stereocenters. The fourth-order valence-electron chi connectivity index (χ4n) is 2.18. The van der Waals surface area contributed by atoms with E-state index in [-0.39, 0.29) is 0 Å². The van der Waals surface area contributed by atoms with Gasteiger partial charge in [0.25, 0.3) is 0 Å². The first-order valence-electron chi connectivity index (χ1n) is 6.68.